The molecule has 0 saturated heterocycles. The zero-order chi connectivity index (χ0) is 17.5. The summed E-state index contributed by atoms with van der Waals surface area (Å²) in [6.07, 6.45) is 0. The maximum absolute atomic E-state index is 5.34. The summed E-state index contributed by atoms with van der Waals surface area (Å²) in [7, 11) is 3.97. The molecule has 0 bridgehead atoms. The van der Waals surface area contributed by atoms with Crippen molar-refractivity contribution in [3.8, 4) is 0 Å². The standard InChI is InChI=1S/C16H26N6OS.HI/c1-6-17-15(18-8-12-10-24-16(20-12)22(4)5)19-9-13-7-14(11(2)3)21-23-13;/h7,10-11H,6,8-9H2,1-5H3,(H2,17,18,19);1H. The van der Waals surface area contributed by atoms with E-state index < -0.39 is 0 Å². The molecule has 0 aliphatic heterocycles. The highest BCUT2D eigenvalue weighted by Gasteiger charge is 2.08. The molecule has 0 amide bonds. The van der Waals surface area contributed by atoms with Gasteiger partial charge in [0.15, 0.2) is 16.9 Å². The Kier molecular flexibility index (Phi) is 9.19. The first-order valence-electron chi connectivity index (χ1n) is 8.09. The quantitative estimate of drug-likeness (QED) is 0.362. The van der Waals surface area contributed by atoms with E-state index in [2.05, 4.69) is 39.6 Å². The minimum absolute atomic E-state index is 0. The molecule has 0 aromatic carbocycles. The van der Waals surface area contributed by atoms with Crippen LogP contribution in [0.5, 0.6) is 0 Å². The summed E-state index contributed by atoms with van der Waals surface area (Å²) in [5.74, 6) is 1.90. The fourth-order valence-corrected chi connectivity index (χ4v) is 2.68. The molecule has 0 unspecified atom stereocenters. The summed E-state index contributed by atoms with van der Waals surface area (Å²) in [6.45, 7) is 8.10. The molecule has 140 valence electrons. The van der Waals surface area contributed by atoms with Crippen LogP contribution in [0.2, 0.25) is 0 Å². The summed E-state index contributed by atoms with van der Waals surface area (Å²) < 4.78 is 5.34. The maximum Gasteiger partial charge on any atom is 0.192 e. The molecule has 0 fully saturated rings. The van der Waals surface area contributed by atoms with Gasteiger partial charge in [-0.1, -0.05) is 19.0 Å². The lowest BCUT2D eigenvalue weighted by molar-refractivity contribution is 0.372. The van der Waals surface area contributed by atoms with Crippen molar-refractivity contribution in [1.29, 1.82) is 0 Å². The van der Waals surface area contributed by atoms with Crippen molar-refractivity contribution in [1.82, 2.24) is 20.8 Å². The molecule has 7 nitrogen and oxygen atoms in total. The Morgan fingerprint density at radius 1 is 1.36 bits per heavy atom. The summed E-state index contributed by atoms with van der Waals surface area (Å²) in [5.41, 5.74) is 1.93. The van der Waals surface area contributed by atoms with Crippen molar-refractivity contribution >= 4 is 46.4 Å². The Morgan fingerprint density at radius 3 is 2.68 bits per heavy atom. The fraction of sp³-hybridized carbons (Fsp3) is 0.562. The van der Waals surface area contributed by atoms with Gasteiger partial charge in [-0.15, -0.1) is 35.3 Å². The van der Waals surface area contributed by atoms with E-state index in [1.807, 2.05) is 37.4 Å². The second kappa shape index (κ2) is 10.6. The smallest absolute Gasteiger partial charge is 0.192 e. The summed E-state index contributed by atoms with van der Waals surface area (Å²) in [4.78, 5) is 11.1. The maximum atomic E-state index is 5.34. The van der Waals surface area contributed by atoms with E-state index in [9.17, 15) is 0 Å². The lowest BCUT2D eigenvalue weighted by Gasteiger charge is -2.09. The first-order valence-corrected chi connectivity index (χ1v) is 8.97. The third kappa shape index (κ3) is 6.81. The molecule has 0 radical (unpaired) electrons. The zero-order valence-electron chi connectivity index (χ0n) is 15.4. The van der Waals surface area contributed by atoms with Crippen LogP contribution in [0.4, 0.5) is 5.13 Å². The number of guanidine groups is 1. The van der Waals surface area contributed by atoms with Crippen LogP contribution in [0.15, 0.2) is 21.0 Å². The van der Waals surface area contributed by atoms with Gasteiger partial charge >= 0.3 is 0 Å². The van der Waals surface area contributed by atoms with E-state index in [1.165, 1.54) is 0 Å². The largest absolute Gasteiger partial charge is 0.359 e. The molecule has 2 rings (SSSR count). The Hall–Kier alpha value is -1.36. The van der Waals surface area contributed by atoms with Crippen molar-refractivity contribution in [2.24, 2.45) is 4.99 Å². The number of thiazole rings is 1. The van der Waals surface area contributed by atoms with Gasteiger partial charge in [0.1, 0.15) is 0 Å². The number of aliphatic imine (C=N–C) groups is 1. The first kappa shape index (κ1) is 21.7. The minimum atomic E-state index is 0. The van der Waals surface area contributed by atoms with Crippen molar-refractivity contribution in [3.63, 3.8) is 0 Å². The lowest BCUT2D eigenvalue weighted by Crippen LogP contribution is -2.36. The molecule has 0 spiro atoms. The van der Waals surface area contributed by atoms with E-state index in [-0.39, 0.29) is 24.0 Å². The minimum Gasteiger partial charge on any atom is -0.359 e. The van der Waals surface area contributed by atoms with Crippen molar-refractivity contribution in [3.05, 3.63) is 28.6 Å². The van der Waals surface area contributed by atoms with Crippen molar-refractivity contribution < 1.29 is 4.52 Å². The predicted molar refractivity (Wildman–Crippen MR) is 114 cm³/mol. The summed E-state index contributed by atoms with van der Waals surface area (Å²) in [6, 6.07) is 1.98. The molecule has 2 aromatic rings. The fourth-order valence-electron chi connectivity index (χ4n) is 1.93. The van der Waals surface area contributed by atoms with Gasteiger partial charge in [-0.3, -0.25) is 0 Å². The molecule has 0 saturated carbocycles. The summed E-state index contributed by atoms with van der Waals surface area (Å²) in [5, 5.41) is 13.6. The molecule has 2 aromatic heterocycles. The first-order chi connectivity index (χ1) is 11.5. The van der Waals surface area contributed by atoms with Crippen LogP contribution in [0.3, 0.4) is 0 Å². The Bertz CT molecular complexity index is 667. The van der Waals surface area contributed by atoms with Crippen molar-refractivity contribution in [2.75, 3.05) is 25.5 Å². The van der Waals surface area contributed by atoms with Gasteiger partial charge in [-0.25, -0.2) is 9.98 Å². The van der Waals surface area contributed by atoms with Crippen LogP contribution >= 0.6 is 35.3 Å². The van der Waals surface area contributed by atoms with Gasteiger partial charge in [0.05, 0.1) is 24.5 Å². The Labute approximate surface area is 170 Å². The van der Waals surface area contributed by atoms with Crippen LogP contribution in [-0.4, -0.2) is 36.7 Å². The highest BCUT2D eigenvalue weighted by molar-refractivity contribution is 14.0. The number of hydrogen-bond donors (Lipinski definition) is 2. The van der Waals surface area contributed by atoms with Gasteiger partial charge < -0.3 is 20.1 Å². The molecular formula is C16H27IN6OS. The normalized spacial score (nSPS) is 11.4. The van der Waals surface area contributed by atoms with Gasteiger partial charge in [0.25, 0.3) is 0 Å². The van der Waals surface area contributed by atoms with E-state index in [1.54, 1.807) is 11.3 Å². The number of halogens is 1. The Balaban J connectivity index is 0.00000312. The third-order valence-corrected chi connectivity index (χ3v) is 4.32. The van der Waals surface area contributed by atoms with E-state index in [4.69, 9.17) is 4.52 Å². The topological polar surface area (TPSA) is 78.6 Å². The number of anilines is 1. The van der Waals surface area contributed by atoms with E-state index >= 15 is 0 Å². The lowest BCUT2D eigenvalue weighted by atomic mass is 10.1. The second-order valence-electron chi connectivity index (χ2n) is 5.94. The predicted octanol–water partition coefficient (Wildman–Crippen LogP) is 3.19. The number of nitrogens with one attached hydrogen (secondary N) is 2. The number of hydrogen-bond acceptors (Lipinski definition) is 6. The van der Waals surface area contributed by atoms with Gasteiger partial charge in [-0.05, 0) is 12.8 Å². The van der Waals surface area contributed by atoms with Crippen LogP contribution in [0, 0.1) is 0 Å². The molecular weight excluding hydrogens is 451 g/mol. The average molecular weight is 478 g/mol. The molecule has 2 heterocycles. The van der Waals surface area contributed by atoms with Crippen LogP contribution in [0.1, 0.15) is 43.8 Å². The van der Waals surface area contributed by atoms with Gasteiger partial charge in [0.2, 0.25) is 0 Å². The molecule has 2 N–H and O–H groups in total. The number of aromatic nitrogens is 2. The number of rotatable bonds is 7. The van der Waals surface area contributed by atoms with E-state index in [0.29, 0.717) is 19.0 Å². The summed E-state index contributed by atoms with van der Waals surface area (Å²) >= 11 is 1.62. The van der Waals surface area contributed by atoms with E-state index in [0.717, 1.165) is 34.8 Å². The molecule has 25 heavy (non-hydrogen) atoms. The Morgan fingerprint density at radius 2 is 2.12 bits per heavy atom. The second-order valence-corrected chi connectivity index (χ2v) is 6.77. The molecule has 0 atom stereocenters. The van der Waals surface area contributed by atoms with Gasteiger partial charge in [-0.2, -0.15) is 0 Å². The third-order valence-electron chi connectivity index (χ3n) is 3.26. The zero-order valence-corrected chi connectivity index (χ0v) is 18.5. The van der Waals surface area contributed by atoms with Crippen molar-refractivity contribution in [2.45, 2.75) is 39.8 Å². The highest BCUT2D eigenvalue weighted by Crippen LogP contribution is 2.18. The number of nitrogens with zero attached hydrogens (tertiary/aromatic N) is 4. The SMILES string of the molecule is CCNC(=NCc1csc(N(C)C)n1)NCc1cc(C(C)C)no1.I. The van der Waals surface area contributed by atoms with Crippen LogP contribution < -0.4 is 15.5 Å². The molecule has 0 aliphatic rings. The van der Waals surface area contributed by atoms with Gasteiger partial charge in [0, 0.05) is 32.1 Å². The van der Waals surface area contributed by atoms with Crippen LogP contribution in [-0.2, 0) is 13.1 Å². The average Bonchev–Trinajstić information content (AvgIpc) is 3.19. The monoisotopic (exact) mass is 478 g/mol. The molecule has 0 aliphatic carbocycles. The highest BCUT2D eigenvalue weighted by atomic mass is 127. The van der Waals surface area contributed by atoms with Crippen LogP contribution in [0.25, 0.3) is 0 Å². The molecule has 9 heteroatoms.